The first kappa shape index (κ1) is 19.0. The molecule has 1 aromatic heterocycles. The molecule has 1 N–H and O–H groups in total. The van der Waals surface area contributed by atoms with Gasteiger partial charge in [0.2, 0.25) is 5.75 Å². The molecule has 0 spiro atoms. The Hall–Kier alpha value is -3.36. The number of hydrogen-bond acceptors (Lipinski definition) is 7. The first-order valence-electron chi connectivity index (χ1n) is 7.67. The summed E-state index contributed by atoms with van der Waals surface area (Å²) in [5.41, 5.74) is 0.950. The summed E-state index contributed by atoms with van der Waals surface area (Å²) in [6, 6.07) is 7.87. The molecule has 9 nitrogen and oxygen atoms in total. The third-order valence-electron chi connectivity index (χ3n) is 3.48. The van der Waals surface area contributed by atoms with Crippen LogP contribution in [0.25, 0.3) is 0 Å². The van der Waals surface area contributed by atoms with E-state index in [0.29, 0.717) is 22.9 Å². The molecule has 138 valence electrons. The molecule has 0 saturated heterocycles. The van der Waals surface area contributed by atoms with Gasteiger partial charge in [-0.3, -0.25) is 4.79 Å². The molecule has 2 rings (SSSR count). The molecule has 2 aromatic rings. The second kappa shape index (κ2) is 8.15. The highest BCUT2D eigenvalue weighted by Gasteiger charge is 2.23. The van der Waals surface area contributed by atoms with Crippen LogP contribution in [0.1, 0.15) is 12.6 Å². The van der Waals surface area contributed by atoms with Crippen LogP contribution >= 0.6 is 0 Å². The van der Waals surface area contributed by atoms with Crippen LogP contribution in [0.15, 0.2) is 30.3 Å². The largest absolute Gasteiger partial charge is 0.493 e. The molecule has 0 fully saturated rings. The van der Waals surface area contributed by atoms with E-state index in [1.54, 1.807) is 31.2 Å². The Kier molecular flexibility index (Phi) is 5.94. The number of carbonyl (C=O) groups is 1. The van der Waals surface area contributed by atoms with E-state index in [1.807, 2.05) is 0 Å². The molecule has 0 aliphatic rings. The summed E-state index contributed by atoms with van der Waals surface area (Å²) < 4.78 is 15.7. The van der Waals surface area contributed by atoms with Crippen molar-refractivity contribution in [2.24, 2.45) is 0 Å². The van der Waals surface area contributed by atoms with Crippen molar-refractivity contribution in [2.75, 3.05) is 19.5 Å². The van der Waals surface area contributed by atoms with Crippen molar-refractivity contribution >= 4 is 17.4 Å². The predicted molar refractivity (Wildman–Crippen MR) is 93.9 cm³/mol. The topological polar surface area (TPSA) is 113 Å². The van der Waals surface area contributed by atoms with Crippen molar-refractivity contribution < 1.29 is 23.9 Å². The molecule has 1 amide bonds. The van der Waals surface area contributed by atoms with E-state index in [1.165, 1.54) is 27.2 Å². The summed E-state index contributed by atoms with van der Waals surface area (Å²) in [6.45, 7) is 3.11. The van der Waals surface area contributed by atoms with E-state index in [2.05, 4.69) is 10.3 Å². The number of benzene rings is 1. The quantitative estimate of drug-likeness (QED) is 0.596. The Morgan fingerprint density at radius 3 is 2.42 bits per heavy atom. The lowest BCUT2D eigenvalue weighted by Gasteiger charge is -2.15. The molecule has 1 aromatic carbocycles. The third kappa shape index (κ3) is 4.38. The fraction of sp³-hybridized carbons (Fsp3) is 0.294. The van der Waals surface area contributed by atoms with Crippen molar-refractivity contribution in [3.63, 3.8) is 0 Å². The van der Waals surface area contributed by atoms with Gasteiger partial charge in [0.05, 0.1) is 14.2 Å². The fourth-order valence-corrected chi connectivity index (χ4v) is 2.15. The number of ether oxygens (including phenoxy) is 3. The Balaban J connectivity index is 2.12. The first-order valence-corrected chi connectivity index (χ1v) is 7.67. The van der Waals surface area contributed by atoms with E-state index in [4.69, 9.17) is 14.2 Å². The number of rotatable bonds is 7. The number of nitrogens with zero attached hydrogens (tertiary/aromatic N) is 2. The van der Waals surface area contributed by atoms with E-state index < -0.39 is 22.8 Å². The smallest absolute Gasteiger partial charge is 0.406 e. The number of nitrogens with one attached hydrogen (secondary N) is 1. The fourth-order valence-electron chi connectivity index (χ4n) is 2.15. The van der Waals surface area contributed by atoms with E-state index in [0.717, 1.165) is 0 Å². The summed E-state index contributed by atoms with van der Waals surface area (Å²) in [5, 5.41) is 13.7. The third-order valence-corrected chi connectivity index (χ3v) is 3.48. The molecule has 0 saturated carbocycles. The maximum Gasteiger partial charge on any atom is 0.406 e. The number of amides is 1. The molecule has 1 heterocycles. The highest BCUT2D eigenvalue weighted by Crippen LogP contribution is 2.30. The van der Waals surface area contributed by atoms with Gasteiger partial charge >= 0.3 is 5.82 Å². The van der Waals surface area contributed by atoms with E-state index in [9.17, 15) is 14.9 Å². The van der Waals surface area contributed by atoms with Gasteiger partial charge < -0.3 is 29.6 Å². The number of hydrogen-bond donors (Lipinski definition) is 1. The number of aromatic nitrogens is 1. The van der Waals surface area contributed by atoms with Gasteiger partial charge in [-0.1, -0.05) is 0 Å². The summed E-state index contributed by atoms with van der Waals surface area (Å²) in [7, 11) is 2.99. The van der Waals surface area contributed by atoms with Crippen LogP contribution in [0.4, 0.5) is 11.5 Å². The predicted octanol–water partition coefficient (Wildman–Crippen LogP) is 2.72. The van der Waals surface area contributed by atoms with Crippen LogP contribution in [-0.2, 0) is 4.79 Å². The molecule has 1 atom stereocenters. The minimum atomic E-state index is -0.980. The summed E-state index contributed by atoms with van der Waals surface area (Å²) >= 11 is 0. The lowest BCUT2D eigenvalue weighted by atomic mass is 10.2. The normalized spacial score (nSPS) is 11.4. The number of anilines is 1. The second-order valence-electron chi connectivity index (χ2n) is 5.35. The molecule has 9 heteroatoms. The minimum absolute atomic E-state index is 0.0736. The van der Waals surface area contributed by atoms with Gasteiger partial charge in [-0.2, -0.15) is 0 Å². The Bertz CT molecular complexity index is 824. The zero-order valence-corrected chi connectivity index (χ0v) is 14.8. The lowest BCUT2D eigenvalue weighted by molar-refractivity contribution is -0.390. The Morgan fingerprint density at radius 2 is 1.81 bits per heavy atom. The van der Waals surface area contributed by atoms with Gasteiger partial charge in [0.25, 0.3) is 5.91 Å². The second-order valence-corrected chi connectivity index (χ2v) is 5.35. The lowest BCUT2D eigenvalue weighted by Crippen LogP contribution is -2.30. The van der Waals surface area contributed by atoms with Crippen molar-refractivity contribution in [1.29, 1.82) is 0 Å². The number of aryl methyl sites for hydroxylation is 1. The molecular formula is C17H19N3O6. The Morgan fingerprint density at radius 1 is 1.15 bits per heavy atom. The van der Waals surface area contributed by atoms with Gasteiger partial charge in [-0.05, 0) is 41.1 Å². The molecule has 0 aliphatic carbocycles. The summed E-state index contributed by atoms with van der Waals surface area (Å²) in [4.78, 5) is 26.6. The van der Waals surface area contributed by atoms with Crippen LogP contribution in [0.5, 0.6) is 17.2 Å². The van der Waals surface area contributed by atoms with E-state index in [-0.39, 0.29) is 5.75 Å². The summed E-state index contributed by atoms with van der Waals surface area (Å²) in [5.74, 6) is -0.00758. The van der Waals surface area contributed by atoms with Crippen molar-refractivity contribution in [2.45, 2.75) is 20.0 Å². The highest BCUT2D eigenvalue weighted by atomic mass is 16.6. The van der Waals surface area contributed by atoms with Crippen LogP contribution in [0.2, 0.25) is 0 Å². The average molecular weight is 361 g/mol. The minimum Gasteiger partial charge on any atom is -0.493 e. The average Bonchev–Trinajstić information content (AvgIpc) is 2.62. The zero-order valence-electron chi connectivity index (χ0n) is 14.8. The molecule has 26 heavy (non-hydrogen) atoms. The summed E-state index contributed by atoms with van der Waals surface area (Å²) in [6.07, 6.45) is -0.980. The van der Waals surface area contributed by atoms with Gasteiger partial charge in [0, 0.05) is 18.7 Å². The van der Waals surface area contributed by atoms with Crippen LogP contribution in [0, 0.1) is 17.0 Å². The first-order chi connectivity index (χ1) is 12.3. The van der Waals surface area contributed by atoms with Gasteiger partial charge in [0.1, 0.15) is 5.69 Å². The maximum atomic E-state index is 12.3. The monoisotopic (exact) mass is 361 g/mol. The standard InChI is InChI=1S/C17H19N3O6/c1-10-5-7-14(16(18-10)20(22)23)26-11(2)17(21)19-12-6-8-13(24-3)15(9-12)25-4/h5-9,11H,1-4H3,(H,19,21)/t11-/m1/s1. The SMILES string of the molecule is COc1ccc(NC(=O)[C@@H](C)Oc2ccc(C)nc2[N+](=O)[O-])cc1OC. The van der Waals surface area contributed by atoms with Crippen molar-refractivity contribution in [3.05, 3.63) is 46.1 Å². The zero-order chi connectivity index (χ0) is 19.3. The van der Waals surface area contributed by atoms with Gasteiger partial charge in [-0.15, -0.1) is 0 Å². The van der Waals surface area contributed by atoms with Gasteiger partial charge in [0.15, 0.2) is 17.6 Å². The molecule has 0 radical (unpaired) electrons. The number of pyridine rings is 1. The molecule has 0 aliphatic heterocycles. The highest BCUT2D eigenvalue weighted by molar-refractivity contribution is 5.94. The van der Waals surface area contributed by atoms with Crippen LogP contribution < -0.4 is 19.5 Å². The molecule has 0 unspecified atom stereocenters. The maximum absolute atomic E-state index is 12.3. The van der Waals surface area contributed by atoms with E-state index >= 15 is 0 Å². The number of methoxy groups -OCH3 is 2. The van der Waals surface area contributed by atoms with Crippen LogP contribution in [0.3, 0.4) is 0 Å². The van der Waals surface area contributed by atoms with Gasteiger partial charge in [-0.25, -0.2) is 0 Å². The Labute approximate surface area is 150 Å². The molecular weight excluding hydrogens is 342 g/mol. The van der Waals surface area contributed by atoms with Crippen molar-refractivity contribution in [3.8, 4) is 17.2 Å². The molecule has 0 bridgehead atoms. The van der Waals surface area contributed by atoms with Crippen molar-refractivity contribution in [1.82, 2.24) is 4.98 Å². The number of nitro groups is 1. The van der Waals surface area contributed by atoms with Crippen LogP contribution in [-0.4, -0.2) is 36.1 Å². The number of carbonyl (C=O) groups excluding carboxylic acids is 1.